The molecule has 4 atom stereocenters. The number of rotatable bonds is 1. The molecule has 3 nitrogen and oxygen atoms in total. The molecule has 0 aromatic rings. The molecule has 1 N–H and O–H groups in total. The van der Waals surface area contributed by atoms with E-state index in [2.05, 4.69) is 0 Å². The van der Waals surface area contributed by atoms with E-state index in [1.807, 2.05) is 0 Å². The van der Waals surface area contributed by atoms with Crippen LogP contribution >= 0.6 is 22.6 Å². The van der Waals surface area contributed by atoms with E-state index < -0.39 is 52.3 Å². The summed E-state index contributed by atoms with van der Waals surface area (Å²) < 4.78 is 82.1. The predicted octanol–water partition coefficient (Wildman–Crippen LogP) is 2.58. The van der Waals surface area contributed by atoms with Crippen molar-refractivity contribution in [2.24, 2.45) is 5.92 Å². The third-order valence-electron chi connectivity index (χ3n) is 3.78. The summed E-state index contributed by atoms with van der Waals surface area (Å²) >= 11 is 1.56. The van der Waals surface area contributed by atoms with Gasteiger partial charge in [0.25, 0.3) is 0 Å². The number of carbonyl (C=O) groups is 1. The van der Waals surface area contributed by atoms with Crippen molar-refractivity contribution in [1.29, 1.82) is 0 Å². The first-order chi connectivity index (χ1) is 8.92. The summed E-state index contributed by atoms with van der Waals surface area (Å²) in [6, 6.07) is -1.16. The van der Waals surface area contributed by atoms with Crippen LogP contribution in [0.5, 0.6) is 0 Å². The van der Waals surface area contributed by atoms with E-state index in [-0.39, 0.29) is 0 Å². The molecule has 1 aliphatic heterocycles. The lowest BCUT2D eigenvalue weighted by molar-refractivity contribution is -0.320. The number of nitrogens with one attached hydrogen (secondary N) is 1. The summed E-state index contributed by atoms with van der Waals surface area (Å²) in [6.45, 7) is 1.06. The topological polar surface area (TPSA) is 38.3 Å². The molecule has 0 aromatic heterocycles. The third kappa shape index (κ3) is 2.09. The van der Waals surface area contributed by atoms with Crippen molar-refractivity contribution >= 4 is 28.6 Å². The molecule has 1 saturated heterocycles. The van der Waals surface area contributed by atoms with Crippen LogP contribution in [0.15, 0.2) is 0 Å². The lowest BCUT2D eigenvalue weighted by Crippen LogP contribution is -2.70. The molecule has 1 aliphatic carbocycles. The SMILES string of the molecule is CC(=O)O[C@@H]1C[C@@H]2C(I)[C@H]1NC2(C(F)(F)F)C(F)(F)F. The summed E-state index contributed by atoms with van der Waals surface area (Å²) in [5, 5.41) is 1.65. The van der Waals surface area contributed by atoms with Gasteiger partial charge in [-0.05, 0) is 6.42 Å². The molecule has 2 bridgehead atoms. The zero-order chi connectivity index (χ0) is 15.5. The van der Waals surface area contributed by atoms with E-state index in [1.54, 1.807) is 27.9 Å². The second kappa shape index (κ2) is 4.62. The summed E-state index contributed by atoms with van der Waals surface area (Å²) in [4.78, 5) is 10.8. The number of esters is 1. The fraction of sp³-hybridized carbons (Fsp3) is 0.900. The fourth-order valence-corrected chi connectivity index (χ4v) is 4.50. The van der Waals surface area contributed by atoms with Gasteiger partial charge in [0.1, 0.15) is 6.10 Å². The molecule has 0 spiro atoms. The van der Waals surface area contributed by atoms with Gasteiger partial charge in [-0.3, -0.25) is 10.1 Å². The van der Waals surface area contributed by atoms with Gasteiger partial charge >= 0.3 is 18.3 Å². The molecule has 1 saturated carbocycles. The Labute approximate surface area is 123 Å². The minimum absolute atomic E-state index is 0.454. The van der Waals surface area contributed by atoms with E-state index in [1.165, 1.54) is 0 Å². The number of fused-ring (bicyclic) bond motifs is 2. The Morgan fingerprint density at radius 2 is 1.75 bits per heavy atom. The molecule has 2 fully saturated rings. The third-order valence-corrected chi connectivity index (χ3v) is 5.42. The Balaban J connectivity index is 2.37. The molecule has 1 unspecified atom stereocenters. The van der Waals surface area contributed by atoms with E-state index in [0.717, 1.165) is 6.92 Å². The standard InChI is InChI=1S/C10H10F6INO2/c1-3(19)20-5-2-4-6(17)7(5)18-8(4,9(11,12)13)10(14,15)16/h4-7,18H,2H2,1H3/t4-,5-,6?,7+/m1/s1. The largest absolute Gasteiger partial charge is 0.461 e. The van der Waals surface area contributed by atoms with E-state index in [4.69, 9.17) is 4.74 Å². The minimum atomic E-state index is -5.46. The Morgan fingerprint density at radius 3 is 2.05 bits per heavy atom. The molecular weight excluding hydrogens is 407 g/mol. The highest BCUT2D eigenvalue weighted by atomic mass is 127. The lowest BCUT2D eigenvalue weighted by atomic mass is 9.82. The number of carbonyl (C=O) groups excluding carboxylic acids is 1. The number of hydrogen-bond donors (Lipinski definition) is 1. The highest BCUT2D eigenvalue weighted by molar-refractivity contribution is 14.1. The van der Waals surface area contributed by atoms with E-state index in [9.17, 15) is 31.1 Å². The summed E-state index contributed by atoms with van der Waals surface area (Å²) in [5.74, 6) is -2.44. The van der Waals surface area contributed by atoms with Crippen molar-refractivity contribution in [2.75, 3.05) is 0 Å². The molecule has 2 aliphatic rings. The van der Waals surface area contributed by atoms with Gasteiger partial charge in [0.15, 0.2) is 0 Å². The number of ether oxygens (including phenoxy) is 1. The first kappa shape index (κ1) is 16.1. The first-order valence-electron chi connectivity index (χ1n) is 5.64. The summed E-state index contributed by atoms with van der Waals surface area (Å²) in [5.41, 5.74) is -3.92. The van der Waals surface area contributed by atoms with Gasteiger partial charge in [-0.25, -0.2) is 0 Å². The zero-order valence-electron chi connectivity index (χ0n) is 9.98. The Hall–Kier alpha value is -0.260. The van der Waals surface area contributed by atoms with Crippen molar-refractivity contribution in [1.82, 2.24) is 5.32 Å². The summed E-state index contributed by atoms with van der Waals surface area (Å²) in [6.07, 6.45) is -12.3. The number of halogens is 7. The average molecular weight is 417 g/mol. The average Bonchev–Trinajstić information content (AvgIpc) is 2.66. The van der Waals surface area contributed by atoms with Crippen LogP contribution in [0.1, 0.15) is 13.3 Å². The van der Waals surface area contributed by atoms with Gasteiger partial charge in [-0.15, -0.1) is 0 Å². The van der Waals surface area contributed by atoms with Crippen molar-refractivity contribution in [3.05, 3.63) is 0 Å². The van der Waals surface area contributed by atoms with Gasteiger partial charge in [0.2, 0.25) is 5.54 Å². The Bertz CT molecular complexity index is 409. The predicted molar refractivity (Wildman–Crippen MR) is 63.2 cm³/mol. The molecule has 20 heavy (non-hydrogen) atoms. The highest BCUT2D eigenvalue weighted by Gasteiger charge is 2.81. The number of hydrogen-bond acceptors (Lipinski definition) is 3. The van der Waals surface area contributed by atoms with Crippen LogP contribution in [0, 0.1) is 5.92 Å². The van der Waals surface area contributed by atoms with Crippen LogP contribution in [0.3, 0.4) is 0 Å². The quantitative estimate of drug-likeness (QED) is 0.309. The van der Waals surface area contributed by atoms with Crippen LogP contribution in [-0.4, -0.2) is 39.9 Å². The molecule has 0 radical (unpaired) electrons. The number of alkyl halides is 7. The van der Waals surface area contributed by atoms with Gasteiger partial charge < -0.3 is 4.74 Å². The molecule has 0 amide bonds. The molecule has 0 aromatic carbocycles. The molecular formula is C10H10F6INO2. The lowest BCUT2D eigenvalue weighted by Gasteiger charge is -2.42. The first-order valence-corrected chi connectivity index (χ1v) is 6.89. The molecule has 116 valence electrons. The van der Waals surface area contributed by atoms with E-state index >= 15 is 0 Å². The Kier molecular flexibility index (Phi) is 3.72. The van der Waals surface area contributed by atoms with Gasteiger partial charge in [0, 0.05) is 16.8 Å². The van der Waals surface area contributed by atoms with Gasteiger partial charge in [-0.2, -0.15) is 26.3 Å². The maximum Gasteiger partial charge on any atom is 0.415 e. The van der Waals surface area contributed by atoms with Crippen LogP contribution in [-0.2, 0) is 9.53 Å². The van der Waals surface area contributed by atoms with Gasteiger partial charge in [-0.1, -0.05) is 22.6 Å². The van der Waals surface area contributed by atoms with Gasteiger partial charge in [0.05, 0.1) is 6.04 Å². The maximum atomic E-state index is 13.0. The van der Waals surface area contributed by atoms with E-state index in [0.29, 0.717) is 0 Å². The number of piperidine rings is 1. The van der Waals surface area contributed by atoms with Crippen LogP contribution in [0.25, 0.3) is 0 Å². The van der Waals surface area contributed by atoms with Crippen molar-refractivity contribution in [3.8, 4) is 0 Å². The normalized spacial score (nSPS) is 36.2. The summed E-state index contributed by atoms with van der Waals surface area (Å²) in [7, 11) is 0. The maximum absolute atomic E-state index is 13.0. The highest BCUT2D eigenvalue weighted by Crippen LogP contribution is 2.59. The monoisotopic (exact) mass is 417 g/mol. The second-order valence-corrected chi connectivity index (χ2v) is 6.35. The smallest absolute Gasteiger partial charge is 0.415 e. The minimum Gasteiger partial charge on any atom is -0.461 e. The molecule has 1 heterocycles. The fourth-order valence-electron chi connectivity index (χ4n) is 3.02. The van der Waals surface area contributed by atoms with Crippen LogP contribution < -0.4 is 5.32 Å². The van der Waals surface area contributed by atoms with Crippen molar-refractivity contribution in [3.63, 3.8) is 0 Å². The van der Waals surface area contributed by atoms with Crippen molar-refractivity contribution < 1.29 is 35.9 Å². The van der Waals surface area contributed by atoms with Crippen molar-refractivity contribution in [2.45, 2.75) is 47.3 Å². The zero-order valence-corrected chi connectivity index (χ0v) is 12.1. The Morgan fingerprint density at radius 1 is 1.25 bits per heavy atom. The molecule has 10 heteroatoms. The molecule has 2 rings (SSSR count). The van der Waals surface area contributed by atoms with Crippen LogP contribution in [0.4, 0.5) is 26.3 Å². The van der Waals surface area contributed by atoms with Crippen LogP contribution in [0.2, 0.25) is 0 Å². The second-order valence-electron chi connectivity index (χ2n) is 4.91.